The third kappa shape index (κ3) is 3.31. The first-order valence-electron chi connectivity index (χ1n) is 4.17. The predicted octanol–water partition coefficient (Wildman–Crippen LogP) is 4.01. The minimum Gasteiger partial charge on any atom is -0.207 e. The predicted molar refractivity (Wildman–Crippen MR) is 58.4 cm³/mol. The van der Waals surface area contributed by atoms with Crippen molar-refractivity contribution in [3.05, 3.63) is 41.2 Å². The number of benzene rings is 1. The van der Waals surface area contributed by atoms with Gasteiger partial charge in [0, 0.05) is 4.83 Å². The molecule has 0 aliphatic carbocycles. The smallest absolute Gasteiger partial charge is 0.123 e. The number of rotatable bonds is 2. The molecule has 0 aliphatic rings. The van der Waals surface area contributed by atoms with Crippen molar-refractivity contribution in [2.45, 2.75) is 18.7 Å². The normalized spacial score (nSPS) is 14.3. The number of hydrogen-bond acceptors (Lipinski definition) is 0. The summed E-state index contributed by atoms with van der Waals surface area (Å²) < 4.78 is 12.6. The van der Waals surface area contributed by atoms with Crippen LogP contribution in [0.1, 0.15) is 19.4 Å². The van der Waals surface area contributed by atoms with Gasteiger partial charge in [0.15, 0.2) is 0 Å². The van der Waals surface area contributed by atoms with Gasteiger partial charge in [-0.2, -0.15) is 0 Å². The van der Waals surface area contributed by atoms with E-state index in [4.69, 9.17) is 0 Å². The Labute approximate surface area is 86.6 Å². The van der Waals surface area contributed by atoms with Gasteiger partial charge in [0.05, 0.1) is 0 Å². The quantitative estimate of drug-likeness (QED) is 0.688. The van der Waals surface area contributed by atoms with Crippen LogP contribution in [0.3, 0.4) is 0 Å². The third-order valence-electron chi connectivity index (χ3n) is 1.89. The monoisotopic (exact) mass is 242 g/mol. The molecule has 0 aromatic heterocycles. The Bertz CT molecular complexity index is 298. The summed E-state index contributed by atoms with van der Waals surface area (Å²) in [4.78, 5) is 0.359. The van der Waals surface area contributed by atoms with Crippen LogP contribution in [0.25, 0.3) is 6.08 Å². The summed E-state index contributed by atoms with van der Waals surface area (Å²) >= 11 is 3.47. The second-order valence-corrected chi connectivity index (χ2v) is 4.43. The highest BCUT2D eigenvalue weighted by Gasteiger charge is 1.98. The lowest BCUT2D eigenvalue weighted by Gasteiger charge is -2.02. The molecule has 13 heavy (non-hydrogen) atoms. The number of hydrogen-bond donors (Lipinski definition) is 0. The Morgan fingerprint density at radius 1 is 1.38 bits per heavy atom. The first kappa shape index (κ1) is 10.5. The van der Waals surface area contributed by atoms with Gasteiger partial charge >= 0.3 is 0 Å². The van der Waals surface area contributed by atoms with Gasteiger partial charge in [0.25, 0.3) is 0 Å². The van der Waals surface area contributed by atoms with Gasteiger partial charge in [-0.05, 0) is 31.5 Å². The van der Waals surface area contributed by atoms with Crippen LogP contribution in [0, 0.1) is 5.82 Å². The molecule has 1 atom stereocenters. The number of halogens is 2. The van der Waals surface area contributed by atoms with Gasteiger partial charge in [-0.25, -0.2) is 4.39 Å². The molecular formula is C11H12BrF. The van der Waals surface area contributed by atoms with Crippen LogP contribution < -0.4 is 0 Å². The highest BCUT2D eigenvalue weighted by molar-refractivity contribution is 9.09. The summed E-state index contributed by atoms with van der Waals surface area (Å²) in [7, 11) is 0. The van der Waals surface area contributed by atoms with E-state index in [-0.39, 0.29) is 5.82 Å². The van der Waals surface area contributed by atoms with Crippen molar-refractivity contribution in [2.75, 3.05) is 0 Å². The molecule has 70 valence electrons. The summed E-state index contributed by atoms with van der Waals surface area (Å²) in [5, 5.41) is 0. The molecule has 0 bridgehead atoms. The minimum absolute atomic E-state index is 0.193. The fraction of sp³-hybridized carbons (Fsp3) is 0.273. The van der Waals surface area contributed by atoms with E-state index in [0.717, 1.165) is 5.56 Å². The fourth-order valence-corrected chi connectivity index (χ4v) is 1.07. The fourth-order valence-electron chi connectivity index (χ4n) is 0.937. The van der Waals surface area contributed by atoms with Crippen molar-refractivity contribution in [2.24, 2.45) is 0 Å². The van der Waals surface area contributed by atoms with Crippen LogP contribution >= 0.6 is 15.9 Å². The van der Waals surface area contributed by atoms with Gasteiger partial charge in [-0.3, -0.25) is 0 Å². The topological polar surface area (TPSA) is 0 Å². The molecule has 0 spiro atoms. The highest BCUT2D eigenvalue weighted by Crippen LogP contribution is 2.15. The van der Waals surface area contributed by atoms with Crippen LogP contribution in [-0.2, 0) is 0 Å². The van der Waals surface area contributed by atoms with Crippen molar-refractivity contribution in [3.8, 4) is 0 Å². The first-order valence-corrected chi connectivity index (χ1v) is 5.09. The van der Waals surface area contributed by atoms with Crippen molar-refractivity contribution >= 4 is 22.0 Å². The maximum absolute atomic E-state index is 12.6. The van der Waals surface area contributed by atoms with E-state index < -0.39 is 0 Å². The molecule has 0 saturated carbocycles. The molecule has 1 unspecified atom stereocenters. The summed E-state index contributed by atoms with van der Waals surface area (Å²) in [6.45, 7) is 4.11. The molecule has 1 aromatic rings. The second-order valence-electron chi connectivity index (χ2n) is 3.06. The summed E-state index contributed by atoms with van der Waals surface area (Å²) in [6.07, 6.45) is 2.04. The maximum atomic E-state index is 12.6. The molecule has 0 amide bonds. The van der Waals surface area contributed by atoms with E-state index in [1.54, 1.807) is 12.1 Å². The second kappa shape index (κ2) is 4.56. The van der Waals surface area contributed by atoms with Crippen molar-refractivity contribution in [1.82, 2.24) is 0 Å². The van der Waals surface area contributed by atoms with Crippen LogP contribution in [0.5, 0.6) is 0 Å². The van der Waals surface area contributed by atoms with E-state index in [2.05, 4.69) is 22.9 Å². The molecule has 0 heterocycles. The number of alkyl halides is 1. The van der Waals surface area contributed by atoms with Crippen LogP contribution in [0.4, 0.5) is 4.39 Å². The van der Waals surface area contributed by atoms with E-state index in [1.165, 1.54) is 17.7 Å². The molecule has 0 N–H and O–H groups in total. The van der Waals surface area contributed by atoms with Gasteiger partial charge in [0.1, 0.15) is 5.82 Å². The molecule has 0 nitrogen and oxygen atoms in total. The summed E-state index contributed by atoms with van der Waals surface area (Å²) in [5.74, 6) is -0.193. The molecule has 0 fully saturated rings. The van der Waals surface area contributed by atoms with E-state index in [0.29, 0.717) is 4.83 Å². The molecule has 0 saturated heterocycles. The zero-order valence-corrected chi connectivity index (χ0v) is 9.31. The SMILES string of the molecule is C/C(=C\c1ccc(F)cc1)C(C)Br. The molecule has 0 aliphatic heterocycles. The standard InChI is InChI=1S/C11H12BrF/c1-8(9(2)12)7-10-3-5-11(13)6-4-10/h3-7,9H,1-2H3/b8-7+. The Kier molecular flexibility index (Phi) is 3.67. The third-order valence-corrected chi connectivity index (χ3v) is 2.61. The Hall–Kier alpha value is -0.630. The molecular weight excluding hydrogens is 231 g/mol. The minimum atomic E-state index is -0.193. The lowest BCUT2D eigenvalue weighted by Crippen LogP contribution is -1.90. The Morgan fingerprint density at radius 3 is 2.38 bits per heavy atom. The van der Waals surface area contributed by atoms with Gasteiger partial charge in [-0.15, -0.1) is 0 Å². The molecule has 0 radical (unpaired) electrons. The molecule has 1 aromatic carbocycles. The first-order chi connectivity index (χ1) is 6.09. The van der Waals surface area contributed by atoms with Crippen molar-refractivity contribution < 1.29 is 4.39 Å². The Balaban J connectivity index is 2.85. The van der Waals surface area contributed by atoms with E-state index in [9.17, 15) is 4.39 Å². The van der Waals surface area contributed by atoms with Crippen LogP contribution in [-0.4, -0.2) is 4.83 Å². The maximum Gasteiger partial charge on any atom is 0.123 e. The average molecular weight is 243 g/mol. The highest BCUT2D eigenvalue weighted by atomic mass is 79.9. The average Bonchev–Trinajstić information content (AvgIpc) is 2.08. The van der Waals surface area contributed by atoms with Gasteiger partial charge in [-0.1, -0.05) is 39.7 Å². The zero-order chi connectivity index (χ0) is 9.84. The van der Waals surface area contributed by atoms with Crippen molar-refractivity contribution in [1.29, 1.82) is 0 Å². The van der Waals surface area contributed by atoms with Crippen molar-refractivity contribution in [3.63, 3.8) is 0 Å². The largest absolute Gasteiger partial charge is 0.207 e. The van der Waals surface area contributed by atoms with Gasteiger partial charge < -0.3 is 0 Å². The lowest BCUT2D eigenvalue weighted by molar-refractivity contribution is 0.628. The summed E-state index contributed by atoms with van der Waals surface area (Å²) in [5.41, 5.74) is 2.26. The van der Waals surface area contributed by atoms with Gasteiger partial charge in [0.2, 0.25) is 0 Å². The lowest BCUT2D eigenvalue weighted by atomic mass is 10.1. The van der Waals surface area contributed by atoms with Crippen LogP contribution in [0.15, 0.2) is 29.8 Å². The zero-order valence-electron chi connectivity index (χ0n) is 7.72. The number of allylic oxidation sites excluding steroid dienone is 1. The van der Waals surface area contributed by atoms with E-state index in [1.807, 2.05) is 13.0 Å². The molecule has 1 rings (SSSR count). The molecule has 2 heteroatoms. The Morgan fingerprint density at radius 2 is 1.92 bits per heavy atom. The summed E-state index contributed by atoms with van der Waals surface area (Å²) in [6, 6.07) is 6.48. The van der Waals surface area contributed by atoms with E-state index >= 15 is 0 Å². The van der Waals surface area contributed by atoms with Crippen LogP contribution in [0.2, 0.25) is 0 Å².